The van der Waals surface area contributed by atoms with Crippen LogP contribution in [0.1, 0.15) is 6.92 Å². The maximum Gasteiger partial charge on any atom is 0.350 e. The lowest BCUT2D eigenvalue weighted by atomic mass is 10.2. The summed E-state index contributed by atoms with van der Waals surface area (Å²) < 4.78 is 17.5. The Labute approximate surface area is 113 Å². The normalized spacial score (nSPS) is 10.6. The summed E-state index contributed by atoms with van der Waals surface area (Å²) in [4.78, 5) is 21.3. The lowest BCUT2D eigenvalue weighted by molar-refractivity contribution is -0.384. The number of hydrogen-bond donors (Lipinski definition) is 1. The summed E-state index contributed by atoms with van der Waals surface area (Å²) >= 11 is 0. The molecule has 0 radical (unpaired) electrons. The Hall–Kier alpha value is -2.95. The standard InChI is InChI=1S/C12H10FN3O4/c1-2-20-12(17)8(6-14)7-15-10-4-3-9(13)5-11(10)16(18)19/h3-5,7,15H,2H2,1H3/b8-7+. The molecule has 0 spiro atoms. The number of benzene rings is 1. The van der Waals surface area contributed by atoms with Gasteiger partial charge in [-0.2, -0.15) is 5.26 Å². The van der Waals surface area contributed by atoms with Crippen LogP contribution in [0.4, 0.5) is 15.8 Å². The largest absolute Gasteiger partial charge is 0.462 e. The number of ether oxygens (including phenoxy) is 1. The van der Waals surface area contributed by atoms with Crippen LogP contribution in [0, 0.1) is 27.3 Å². The minimum Gasteiger partial charge on any atom is -0.462 e. The van der Waals surface area contributed by atoms with E-state index in [2.05, 4.69) is 10.1 Å². The predicted molar refractivity (Wildman–Crippen MR) is 67.0 cm³/mol. The van der Waals surface area contributed by atoms with Crippen LogP contribution in [0.3, 0.4) is 0 Å². The first-order chi connectivity index (χ1) is 9.49. The number of nitrogens with zero attached hydrogens (tertiary/aromatic N) is 2. The number of carbonyl (C=O) groups excluding carboxylic acids is 1. The summed E-state index contributed by atoms with van der Waals surface area (Å²) in [6.45, 7) is 1.67. The summed E-state index contributed by atoms with van der Waals surface area (Å²) in [5.41, 5.74) is -0.915. The van der Waals surface area contributed by atoms with Crippen molar-refractivity contribution in [2.45, 2.75) is 6.92 Å². The van der Waals surface area contributed by atoms with Gasteiger partial charge in [0.15, 0.2) is 5.57 Å². The fourth-order valence-corrected chi connectivity index (χ4v) is 1.27. The van der Waals surface area contributed by atoms with Crippen molar-refractivity contribution < 1.29 is 18.8 Å². The molecule has 0 saturated heterocycles. The van der Waals surface area contributed by atoms with E-state index in [4.69, 9.17) is 5.26 Å². The summed E-state index contributed by atoms with van der Waals surface area (Å²) in [6.07, 6.45) is 0.970. The molecular formula is C12H10FN3O4. The highest BCUT2D eigenvalue weighted by atomic mass is 19.1. The van der Waals surface area contributed by atoms with Crippen LogP contribution in [-0.4, -0.2) is 17.5 Å². The predicted octanol–water partition coefficient (Wildman–Crippen LogP) is 2.12. The van der Waals surface area contributed by atoms with Gasteiger partial charge in [-0.3, -0.25) is 10.1 Å². The molecule has 8 heteroatoms. The van der Waals surface area contributed by atoms with E-state index in [-0.39, 0.29) is 17.9 Å². The van der Waals surface area contributed by atoms with E-state index in [1.54, 1.807) is 13.0 Å². The van der Waals surface area contributed by atoms with E-state index in [1.807, 2.05) is 0 Å². The molecule has 1 aromatic rings. The van der Waals surface area contributed by atoms with Crippen LogP contribution in [0.2, 0.25) is 0 Å². The molecule has 0 aliphatic rings. The second kappa shape index (κ2) is 6.84. The number of hydrogen-bond acceptors (Lipinski definition) is 6. The quantitative estimate of drug-likeness (QED) is 0.291. The first-order valence-electron chi connectivity index (χ1n) is 5.47. The SMILES string of the molecule is CCOC(=O)/C(C#N)=C/Nc1ccc(F)cc1[N+](=O)[O-]. The van der Waals surface area contributed by atoms with E-state index in [9.17, 15) is 19.3 Å². The van der Waals surface area contributed by atoms with Crippen molar-refractivity contribution in [3.63, 3.8) is 0 Å². The van der Waals surface area contributed by atoms with Crippen molar-refractivity contribution in [2.75, 3.05) is 11.9 Å². The summed E-state index contributed by atoms with van der Waals surface area (Å²) in [6, 6.07) is 4.47. The summed E-state index contributed by atoms with van der Waals surface area (Å²) in [5.74, 6) is -1.62. The van der Waals surface area contributed by atoms with Gasteiger partial charge in [0.25, 0.3) is 5.69 Å². The van der Waals surface area contributed by atoms with E-state index in [0.29, 0.717) is 0 Å². The molecule has 104 valence electrons. The average molecular weight is 279 g/mol. The molecule has 0 unspecified atom stereocenters. The van der Waals surface area contributed by atoms with Gasteiger partial charge in [0, 0.05) is 6.20 Å². The van der Waals surface area contributed by atoms with Gasteiger partial charge in [-0.1, -0.05) is 0 Å². The van der Waals surface area contributed by atoms with Crippen LogP contribution in [0.15, 0.2) is 30.0 Å². The lowest BCUT2D eigenvalue weighted by Gasteiger charge is -2.04. The fraction of sp³-hybridized carbons (Fsp3) is 0.167. The third-order valence-corrected chi connectivity index (χ3v) is 2.14. The molecule has 1 rings (SSSR count). The van der Waals surface area contributed by atoms with Crippen LogP contribution < -0.4 is 5.32 Å². The highest BCUT2D eigenvalue weighted by Gasteiger charge is 2.15. The van der Waals surface area contributed by atoms with Gasteiger partial charge in [0.2, 0.25) is 0 Å². The van der Waals surface area contributed by atoms with Crippen molar-refractivity contribution in [3.8, 4) is 6.07 Å². The second-order valence-corrected chi connectivity index (χ2v) is 3.45. The number of rotatable bonds is 5. The van der Waals surface area contributed by atoms with E-state index in [1.165, 1.54) is 0 Å². The van der Waals surface area contributed by atoms with Crippen molar-refractivity contribution in [1.29, 1.82) is 5.26 Å². The van der Waals surface area contributed by atoms with Gasteiger partial charge in [-0.15, -0.1) is 0 Å². The van der Waals surface area contributed by atoms with E-state index < -0.39 is 22.4 Å². The zero-order valence-electron chi connectivity index (χ0n) is 10.4. The van der Waals surface area contributed by atoms with Crippen molar-refractivity contribution in [1.82, 2.24) is 0 Å². The van der Waals surface area contributed by atoms with Gasteiger partial charge in [-0.25, -0.2) is 9.18 Å². The first kappa shape index (κ1) is 15.1. The Morgan fingerprint density at radius 2 is 2.35 bits per heavy atom. The number of carbonyl (C=O) groups is 1. The number of nitro benzene ring substituents is 1. The lowest BCUT2D eigenvalue weighted by Crippen LogP contribution is -2.08. The highest BCUT2D eigenvalue weighted by molar-refractivity contribution is 5.93. The third kappa shape index (κ3) is 3.78. The Bertz CT molecular complexity index is 607. The molecule has 0 aromatic heterocycles. The van der Waals surface area contributed by atoms with Crippen LogP contribution >= 0.6 is 0 Å². The molecule has 0 fully saturated rings. The number of halogens is 1. The van der Waals surface area contributed by atoms with Gasteiger partial charge < -0.3 is 10.1 Å². The molecule has 1 N–H and O–H groups in total. The van der Waals surface area contributed by atoms with E-state index >= 15 is 0 Å². The molecule has 0 heterocycles. The van der Waals surface area contributed by atoms with E-state index in [0.717, 1.165) is 24.4 Å². The third-order valence-electron chi connectivity index (χ3n) is 2.14. The molecule has 7 nitrogen and oxygen atoms in total. The molecular weight excluding hydrogens is 269 g/mol. The van der Waals surface area contributed by atoms with Crippen molar-refractivity contribution in [2.24, 2.45) is 0 Å². The molecule has 0 aliphatic heterocycles. The zero-order valence-corrected chi connectivity index (χ0v) is 10.4. The molecule has 20 heavy (non-hydrogen) atoms. The molecule has 0 bridgehead atoms. The van der Waals surface area contributed by atoms with Crippen LogP contribution in [-0.2, 0) is 9.53 Å². The Morgan fingerprint density at radius 3 is 2.90 bits per heavy atom. The van der Waals surface area contributed by atoms with Crippen molar-refractivity contribution in [3.05, 3.63) is 45.9 Å². The number of esters is 1. The molecule has 0 atom stereocenters. The molecule has 0 aliphatic carbocycles. The Balaban J connectivity index is 3.02. The highest BCUT2D eigenvalue weighted by Crippen LogP contribution is 2.25. The number of anilines is 1. The minimum atomic E-state index is -0.854. The molecule has 0 saturated carbocycles. The van der Waals surface area contributed by atoms with Crippen LogP contribution in [0.25, 0.3) is 0 Å². The maximum absolute atomic E-state index is 12.9. The maximum atomic E-state index is 12.9. The van der Waals surface area contributed by atoms with Gasteiger partial charge in [0.1, 0.15) is 17.6 Å². The monoisotopic (exact) mass is 279 g/mol. The molecule has 0 amide bonds. The number of nitriles is 1. The van der Waals surface area contributed by atoms with Crippen molar-refractivity contribution >= 4 is 17.3 Å². The van der Waals surface area contributed by atoms with Gasteiger partial charge >= 0.3 is 5.97 Å². The second-order valence-electron chi connectivity index (χ2n) is 3.45. The Kier molecular flexibility index (Phi) is 5.17. The minimum absolute atomic E-state index is 0.0477. The first-order valence-corrected chi connectivity index (χ1v) is 5.47. The smallest absolute Gasteiger partial charge is 0.350 e. The molecule has 1 aromatic carbocycles. The summed E-state index contributed by atoms with van der Waals surface area (Å²) in [7, 11) is 0. The Morgan fingerprint density at radius 1 is 1.65 bits per heavy atom. The average Bonchev–Trinajstić information content (AvgIpc) is 2.41. The summed E-state index contributed by atoms with van der Waals surface area (Å²) in [5, 5.41) is 21.9. The zero-order chi connectivity index (χ0) is 15.1. The number of nitrogens with one attached hydrogen (secondary N) is 1. The van der Waals surface area contributed by atoms with Gasteiger partial charge in [-0.05, 0) is 19.1 Å². The topological polar surface area (TPSA) is 105 Å². The van der Waals surface area contributed by atoms with Crippen LogP contribution in [0.5, 0.6) is 0 Å². The number of nitro groups is 1. The fourth-order valence-electron chi connectivity index (χ4n) is 1.27. The van der Waals surface area contributed by atoms with Gasteiger partial charge in [0.05, 0.1) is 17.6 Å².